The van der Waals surface area contributed by atoms with Gasteiger partial charge >= 0.3 is 0 Å². The summed E-state index contributed by atoms with van der Waals surface area (Å²) in [6, 6.07) is 7.89. The zero-order valence-electron chi connectivity index (χ0n) is 14.3. The summed E-state index contributed by atoms with van der Waals surface area (Å²) in [5.74, 6) is 0. The van der Waals surface area contributed by atoms with Crippen LogP contribution in [0.2, 0.25) is 0 Å². The fourth-order valence-electron chi connectivity index (χ4n) is 3.22. The van der Waals surface area contributed by atoms with E-state index in [1.165, 1.54) is 12.7 Å². The fourth-order valence-corrected chi connectivity index (χ4v) is 3.22. The molecule has 6 atom stereocenters. The van der Waals surface area contributed by atoms with Gasteiger partial charge in [-0.25, -0.2) is 0 Å². The second-order valence-electron chi connectivity index (χ2n) is 6.45. The molecule has 2 saturated heterocycles. The number of aryl methyl sites for hydroxylation is 1. The molecule has 0 aliphatic carbocycles. The van der Waals surface area contributed by atoms with Crippen LogP contribution in [-0.2, 0) is 25.4 Å². The monoisotopic (exact) mass is 354 g/mol. The van der Waals surface area contributed by atoms with Gasteiger partial charge in [0.2, 0.25) is 0 Å². The Morgan fingerprint density at radius 2 is 1.84 bits per heavy atom. The number of aliphatic hydroxyl groups excluding tert-OH is 3. The van der Waals surface area contributed by atoms with Gasteiger partial charge in [0.1, 0.15) is 24.4 Å². The third kappa shape index (κ3) is 4.20. The predicted octanol–water partition coefficient (Wildman–Crippen LogP) is 0.509. The molecule has 1 aromatic carbocycles. The Morgan fingerprint density at radius 3 is 2.52 bits per heavy atom. The third-order valence-electron chi connectivity index (χ3n) is 4.69. The Labute approximate surface area is 147 Å². The number of hydrogen-bond acceptors (Lipinski definition) is 7. The molecule has 0 saturated carbocycles. The summed E-state index contributed by atoms with van der Waals surface area (Å²) in [6.45, 7) is 0.460. The first-order valence-electron chi connectivity index (χ1n) is 8.65. The second kappa shape index (κ2) is 8.55. The van der Waals surface area contributed by atoms with Crippen molar-refractivity contribution in [2.45, 2.75) is 56.3 Å². The van der Waals surface area contributed by atoms with E-state index in [2.05, 4.69) is 0 Å². The van der Waals surface area contributed by atoms with Crippen molar-refractivity contribution in [2.24, 2.45) is 0 Å². The van der Waals surface area contributed by atoms with Crippen LogP contribution in [0.4, 0.5) is 0 Å². The largest absolute Gasteiger partial charge is 0.396 e. The third-order valence-corrected chi connectivity index (χ3v) is 4.69. The lowest BCUT2D eigenvalue weighted by molar-refractivity contribution is -0.358. The SMILES string of the molecule is COC1OC2COC(c3ccc(CCCCO)cc3)OC2C(O)C1O. The molecule has 0 radical (unpaired) electrons. The summed E-state index contributed by atoms with van der Waals surface area (Å²) in [6.07, 6.45) is -2.29. The van der Waals surface area contributed by atoms with E-state index >= 15 is 0 Å². The zero-order chi connectivity index (χ0) is 17.8. The molecule has 2 heterocycles. The van der Waals surface area contributed by atoms with E-state index < -0.39 is 37.0 Å². The number of fused-ring (bicyclic) bond motifs is 1. The summed E-state index contributed by atoms with van der Waals surface area (Å²) < 4.78 is 22.2. The number of unbranched alkanes of at least 4 members (excludes halogenated alkanes) is 1. The standard InChI is InChI=1S/C18H26O7/c1-22-18-15(21)14(20)16-13(24-18)10-23-17(25-16)12-7-5-11(6-8-12)4-2-3-9-19/h5-8,13-21H,2-4,9-10H2,1H3. The quantitative estimate of drug-likeness (QED) is 0.640. The van der Waals surface area contributed by atoms with Gasteiger partial charge in [-0.15, -0.1) is 0 Å². The molecule has 7 heteroatoms. The van der Waals surface area contributed by atoms with Crippen molar-refractivity contribution < 1.29 is 34.3 Å². The number of hydrogen-bond donors (Lipinski definition) is 3. The molecular weight excluding hydrogens is 328 g/mol. The molecule has 2 aliphatic heterocycles. The Morgan fingerprint density at radius 1 is 1.08 bits per heavy atom. The predicted molar refractivity (Wildman–Crippen MR) is 87.7 cm³/mol. The Bertz CT molecular complexity index is 533. The maximum atomic E-state index is 10.3. The van der Waals surface area contributed by atoms with Gasteiger partial charge in [0.15, 0.2) is 12.6 Å². The van der Waals surface area contributed by atoms with E-state index in [4.69, 9.17) is 24.1 Å². The van der Waals surface area contributed by atoms with Crippen molar-refractivity contribution in [3.63, 3.8) is 0 Å². The highest BCUT2D eigenvalue weighted by Gasteiger charge is 2.48. The summed E-state index contributed by atoms with van der Waals surface area (Å²) in [5.41, 5.74) is 2.03. The van der Waals surface area contributed by atoms with Gasteiger partial charge in [-0.05, 0) is 24.8 Å². The van der Waals surface area contributed by atoms with Crippen molar-refractivity contribution in [2.75, 3.05) is 20.3 Å². The number of aliphatic hydroxyl groups is 3. The van der Waals surface area contributed by atoms with E-state index in [0.29, 0.717) is 0 Å². The van der Waals surface area contributed by atoms with E-state index in [-0.39, 0.29) is 13.2 Å². The molecule has 25 heavy (non-hydrogen) atoms. The highest BCUT2D eigenvalue weighted by molar-refractivity contribution is 5.24. The van der Waals surface area contributed by atoms with Crippen LogP contribution in [0.5, 0.6) is 0 Å². The lowest BCUT2D eigenvalue weighted by atomic mass is 9.98. The highest BCUT2D eigenvalue weighted by atomic mass is 16.7. The van der Waals surface area contributed by atoms with Crippen molar-refractivity contribution in [3.8, 4) is 0 Å². The fraction of sp³-hybridized carbons (Fsp3) is 0.667. The molecule has 1 aromatic rings. The second-order valence-corrected chi connectivity index (χ2v) is 6.45. The van der Waals surface area contributed by atoms with Crippen molar-refractivity contribution in [3.05, 3.63) is 35.4 Å². The average molecular weight is 354 g/mol. The van der Waals surface area contributed by atoms with Gasteiger partial charge in [0, 0.05) is 19.3 Å². The lowest BCUT2D eigenvalue weighted by Crippen LogP contribution is -2.62. The van der Waals surface area contributed by atoms with Crippen molar-refractivity contribution in [1.82, 2.24) is 0 Å². The molecule has 3 N–H and O–H groups in total. The topological polar surface area (TPSA) is 97.6 Å². The van der Waals surface area contributed by atoms with Crippen LogP contribution in [0, 0.1) is 0 Å². The first-order chi connectivity index (χ1) is 12.1. The first kappa shape index (κ1) is 18.7. The molecule has 0 amide bonds. The van der Waals surface area contributed by atoms with E-state index in [9.17, 15) is 10.2 Å². The van der Waals surface area contributed by atoms with E-state index in [0.717, 1.165) is 24.8 Å². The molecule has 7 nitrogen and oxygen atoms in total. The minimum atomic E-state index is -1.17. The summed E-state index contributed by atoms with van der Waals surface area (Å²) in [7, 11) is 1.41. The molecule has 2 fully saturated rings. The van der Waals surface area contributed by atoms with E-state index in [1.54, 1.807) is 0 Å². The lowest BCUT2D eigenvalue weighted by Gasteiger charge is -2.45. The molecule has 140 valence electrons. The number of rotatable bonds is 6. The Hall–Kier alpha value is -1.06. The smallest absolute Gasteiger partial charge is 0.186 e. The summed E-state index contributed by atoms with van der Waals surface area (Å²) >= 11 is 0. The van der Waals surface area contributed by atoms with Gasteiger partial charge in [-0.2, -0.15) is 0 Å². The minimum Gasteiger partial charge on any atom is -0.396 e. The number of benzene rings is 1. The maximum absolute atomic E-state index is 10.3. The Kier molecular flexibility index (Phi) is 6.40. The number of methoxy groups -OCH3 is 1. The van der Waals surface area contributed by atoms with Crippen LogP contribution in [0.15, 0.2) is 24.3 Å². The molecule has 0 spiro atoms. The van der Waals surface area contributed by atoms with Crippen molar-refractivity contribution >= 4 is 0 Å². The van der Waals surface area contributed by atoms with Crippen LogP contribution in [0.1, 0.15) is 30.3 Å². The first-order valence-corrected chi connectivity index (χ1v) is 8.65. The zero-order valence-corrected chi connectivity index (χ0v) is 14.3. The van der Waals surface area contributed by atoms with Crippen molar-refractivity contribution in [1.29, 1.82) is 0 Å². The molecule has 0 aromatic heterocycles. The van der Waals surface area contributed by atoms with Gasteiger partial charge in [-0.1, -0.05) is 24.3 Å². The molecule has 6 unspecified atom stereocenters. The van der Waals surface area contributed by atoms with Gasteiger partial charge in [-0.3, -0.25) is 0 Å². The van der Waals surface area contributed by atoms with Gasteiger partial charge in [0.05, 0.1) is 6.61 Å². The molecule has 0 bridgehead atoms. The Balaban J connectivity index is 1.62. The summed E-state index contributed by atoms with van der Waals surface area (Å²) in [5, 5.41) is 29.2. The molecule has 3 rings (SSSR count). The highest BCUT2D eigenvalue weighted by Crippen LogP contribution is 2.34. The van der Waals surface area contributed by atoms with E-state index in [1.807, 2.05) is 24.3 Å². The van der Waals surface area contributed by atoms with Crippen LogP contribution in [-0.4, -0.2) is 66.3 Å². The van der Waals surface area contributed by atoms with Crippen LogP contribution in [0.3, 0.4) is 0 Å². The normalized spacial score (nSPS) is 35.4. The van der Waals surface area contributed by atoms with Crippen LogP contribution >= 0.6 is 0 Å². The minimum absolute atomic E-state index is 0.213. The summed E-state index contributed by atoms with van der Waals surface area (Å²) in [4.78, 5) is 0. The van der Waals surface area contributed by atoms with Crippen LogP contribution < -0.4 is 0 Å². The number of ether oxygens (including phenoxy) is 4. The molecular formula is C18H26O7. The maximum Gasteiger partial charge on any atom is 0.186 e. The molecule has 2 aliphatic rings. The van der Waals surface area contributed by atoms with Crippen LogP contribution in [0.25, 0.3) is 0 Å². The van der Waals surface area contributed by atoms with Gasteiger partial charge in [0.25, 0.3) is 0 Å². The van der Waals surface area contributed by atoms with Gasteiger partial charge < -0.3 is 34.3 Å². The average Bonchev–Trinajstić information content (AvgIpc) is 2.65.